The van der Waals surface area contributed by atoms with E-state index >= 15 is 0 Å². The molecule has 178 valence electrons. The van der Waals surface area contributed by atoms with Crippen molar-refractivity contribution < 1.29 is 9.59 Å². The Morgan fingerprint density at radius 1 is 1.00 bits per heavy atom. The van der Waals surface area contributed by atoms with Crippen LogP contribution in [0.4, 0.5) is 0 Å². The van der Waals surface area contributed by atoms with Gasteiger partial charge in [0.25, 0.3) is 5.56 Å². The summed E-state index contributed by atoms with van der Waals surface area (Å²) in [5, 5.41) is 0.911. The van der Waals surface area contributed by atoms with Crippen molar-refractivity contribution in [3.05, 3.63) is 106 Å². The molecule has 5 nitrogen and oxygen atoms in total. The van der Waals surface area contributed by atoms with E-state index in [4.69, 9.17) is 0 Å². The van der Waals surface area contributed by atoms with Crippen LogP contribution in [-0.2, 0) is 22.7 Å². The third kappa shape index (κ3) is 4.16. The maximum Gasteiger partial charge on any atom is 0.255 e. The summed E-state index contributed by atoms with van der Waals surface area (Å²) in [7, 11) is 0. The molecule has 3 aromatic rings. The molecule has 0 fully saturated rings. The molecule has 0 saturated heterocycles. The minimum atomic E-state index is -0.540. The van der Waals surface area contributed by atoms with Crippen LogP contribution in [0.1, 0.15) is 50.2 Å². The van der Waals surface area contributed by atoms with Crippen LogP contribution in [-0.4, -0.2) is 21.2 Å². The maximum absolute atomic E-state index is 13.7. The molecule has 1 unspecified atom stereocenters. The van der Waals surface area contributed by atoms with Crippen molar-refractivity contribution in [2.24, 2.45) is 5.41 Å². The highest BCUT2D eigenvalue weighted by Crippen LogP contribution is 2.47. The summed E-state index contributed by atoms with van der Waals surface area (Å²) < 4.78 is 1.69. The number of rotatable bonds is 5. The highest BCUT2D eigenvalue weighted by molar-refractivity contribution is 6.02. The number of ketones is 1. The standard InChI is InChI=1S/C30H30N2O3/c1-4-14-31-24-13-9-8-12-21(24)15-23(29(31)35)22-16-27(34)32(19-20-10-6-5-7-11-20)25-17-30(2,3)18-26(33)28(22)25/h4-13,15,22H,1,14,16-19H2,2-3H3. The lowest BCUT2D eigenvalue weighted by Crippen LogP contribution is -2.44. The van der Waals surface area contributed by atoms with Crippen LogP contribution in [0.15, 0.2) is 89.4 Å². The molecule has 2 aromatic carbocycles. The molecule has 0 spiro atoms. The molecule has 1 atom stereocenters. The molecule has 1 amide bonds. The largest absolute Gasteiger partial charge is 0.311 e. The predicted octanol–water partition coefficient (Wildman–Crippen LogP) is 5.35. The Hall–Kier alpha value is -3.73. The number of carbonyl (C=O) groups is 2. The Labute approximate surface area is 205 Å². The quantitative estimate of drug-likeness (QED) is 0.477. The topological polar surface area (TPSA) is 59.4 Å². The van der Waals surface area contributed by atoms with Gasteiger partial charge >= 0.3 is 0 Å². The average Bonchev–Trinajstić information content (AvgIpc) is 2.82. The Balaban J connectivity index is 1.70. The number of Topliss-reactive ketones (excluding diaryl/α,β-unsaturated/α-hetero) is 1. The molecular weight excluding hydrogens is 436 g/mol. The van der Waals surface area contributed by atoms with Gasteiger partial charge in [0.05, 0.1) is 12.1 Å². The fourth-order valence-corrected chi connectivity index (χ4v) is 5.60. The normalized spacial score (nSPS) is 19.7. The summed E-state index contributed by atoms with van der Waals surface area (Å²) in [6.45, 7) is 8.74. The number of amides is 1. The zero-order valence-electron chi connectivity index (χ0n) is 20.3. The average molecular weight is 467 g/mol. The van der Waals surface area contributed by atoms with E-state index in [-0.39, 0.29) is 29.1 Å². The second kappa shape index (κ2) is 8.81. The Kier molecular flexibility index (Phi) is 5.79. The molecule has 1 aromatic heterocycles. The van der Waals surface area contributed by atoms with Gasteiger partial charge in [-0.1, -0.05) is 68.5 Å². The molecular formula is C30H30N2O3. The molecule has 0 bridgehead atoms. The molecule has 0 N–H and O–H groups in total. The van der Waals surface area contributed by atoms with Crippen LogP contribution < -0.4 is 5.56 Å². The van der Waals surface area contributed by atoms with Gasteiger partial charge in [-0.2, -0.15) is 0 Å². The van der Waals surface area contributed by atoms with E-state index in [0.717, 1.165) is 22.2 Å². The van der Waals surface area contributed by atoms with Crippen LogP contribution >= 0.6 is 0 Å². The monoisotopic (exact) mass is 466 g/mol. The molecule has 1 aliphatic carbocycles. The number of hydrogen-bond donors (Lipinski definition) is 0. The van der Waals surface area contributed by atoms with Gasteiger partial charge in [-0.05, 0) is 34.9 Å². The van der Waals surface area contributed by atoms with E-state index in [1.807, 2.05) is 60.7 Å². The first-order valence-electron chi connectivity index (χ1n) is 12.1. The SMILES string of the molecule is C=CCn1c(=O)c(C2CC(=O)N(Cc3ccccc3)C3=C2C(=O)CC(C)(C)C3)cc2ccccc21. The molecule has 5 rings (SSSR count). The summed E-state index contributed by atoms with van der Waals surface area (Å²) in [6, 6.07) is 19.4. The van der Waals surface area contributed by atoms with Gasteiger partial charge < -0.3 is 9.47 Å². The lowest BCUT2D eigenvalue weighted by molar-refractivity contribution is -0.132. The minimum absolute atomic E-state index is 0.0367. The van der Waals surface area contributed by atoms with Crippen molar-refractivity contribution in [2.45, 2.75) is 52.1 Å². The lowest BCUT2D eigenvalue weighted by Gasteiger charge is -2.43. The van der Waals surface area contributed by atoms with Crippen molar-refractivity contribution in [3.63, 3.8) is 0 Å². The van der Waals surface area contributed by atoms with Gasteiger partial charge in [0, 0.05) is 42.1 Å². The van der Waals surface area contributed by atoms with Crippen LogP contribution in [0, 0.1) is 5.41 Å². The first-order valence-corrected chi connectivity index (χ1v) is 12.1. The van der Waals surface area contributed by atoms with Crippen LogP contribution in [0.2, 0.25) is 0 Å². The number of para-hydroxylation sites is 1. The number of carbonyl (C=O) groups excluding carboxylic acids is 2. The molecule has 5 heteroatoms. The van der Waals surface area contributed by atoms with E-state index in [2.05, 4.69) is 20.4 Å². The van der Waals surface area contributed by atoms with Crippen molar-refractivity contribution in [1.82, 2.24) is 9.47 Å². The fraction of sp³-hybridized carbons (Fsp3) is 0.300. The smallest absolute Gasteiger partial charge is 0.255 e. The van der Waals surface area contributed by atoms with Gasteiger partial charge in [-0.25, -0.2) is 0 Å². The van der Waals surface area contributed by atoms with E-state index in [1.165, 1.54) is 0 Å². The number of allylic oxidation sites excluding steroid dienone is 3. The molecule has 0 saturated carbocycles. The number of aromatic nitrogens is 1. The van der Waals surface area contributed by atoms with Crippen molar-refractivity contribution in [3.8, 4) is 0 Å². The number of fused-ring (bicyclic) bond motifs is 1. The van der Waals surface area contributed by atoms with E-state index < -0.39 is 5.92 Å². The van der Waals surface area contributed by atoms with Gasteiger partial charge in [-0.3, -0.25) is 14.4 Å². The first-order chi connectivity index (χ1) is 16.8. The van der Waals surface area contributed by atoms with Crippen LogP contribution in [0.5, 0.6) is 0 Å². The fourth-order valence-electron chi connectivity index (χ4n) is 5.60. The maximum atomic E-state index is 13.7. The second-order valence-electron chi connectivity index (χ2n) is 10.4. The highest BCUT2D eigenvalue weighted by atomic mass is 16.2. The van der Waals surface area contributed by atoms with E-state index in [9.17, 15) is 14.4 Å². The number of benzene rings is 2. The summed E-state index contributed by atoms with van der Waals surface area (Å²) in [5.74, 6) is -0.554. The summed E-state index contributed by atoms with van der Waals surface area (Å²) in [5.41, 5.74) is 3.34. The Bertz CT molecular complexity index is 1430. The minimum Gasteiger partial charge on any atom is -0.311 e. The molecule has 0 radical (unpaired) electrons. The van der Waals surface area contributed by atoms with Crippen molar-refractivity contribution in [1.29, 1.82) is 0 Å². The number of hydrogen-bond acceptors (Lipinski definition) is 3. The third-order valence-electron chi connectivity index (χ3n) is 7.15. The second-order valence-corrected chi connectivity index (χ2v) is 10.4. The molecule has 2 heterocycles. The number of pyridine rings is 1. The summed E-state index contributed by atoms with van der Waals surface area (Å²) >= 11 is 0. The zero-order valence-corrected chi connectivity index (χ0v) is 20.3. The molecule has 1 aliphatic heterocycles. The lowest BCUT2D eigenvalue weighted by atomic mass is 9.69. The third-order valence-corrected chi connectivity index (χ3v) is 7.15. The summed E-state index contributed by atoms with van der Waals surface area (Å²) in [6.07, 6.45) is 2.84. The Morgan fingerprint density at radius 3 is 2.46 bits per heavy atom. The summed E-state index contributed by atoms with van der Waals surface area (Å²) in [4.78, 5) is 42.7. The van der Waals surface area contributed by atoms with Crippen LogP contribution in [0.3, 0.4) is 0 Å². The number of nitrogens with zero attached hydrogens (tertiary/aromatic N) is 2. The van der Waals surface area contributed by atoms with Gasteiger partial charge in [0.15, 0.2) is 5.78 Å². The molecule has 35 heavy (non-hydrogen) atoms. The van der Waals surface area contributed by atoms with Gasteiger partial charge in [0.2, 0.25) is 5.91 Å². The predicted molar refractivity (Wildman–Crippen MR) is 138 cm³/mol. The Morgan fingerprint density at radius 2 is 1.71 bits per heavy atom. The van der Waals surface area contributed by atoms with Crippen molar-refractivity contribution in [2.75, 3.05) is 0 Å². The van der Waals surface area contributed by atoms with Crippen LogP contribution in [0.25, 0.3) is 10.9 Å². The van der Waals surface area contributed by atoms with Gasteiger partial charge in [-0.15, -0.1) is 6.58 Å². The van der Waals surface area contributed by atoms with E-state index in [1.54, 1.807) is 15.5 Å². The van der Waals surface area contributed by atoms with E-state index in [0.29, 0.717) is 37.1 Å². The first kappa shape index (κ1) is 23.0. The zero-order chi connectivity index (χ0) is 24.7. The van der Waals surface area contributed by atoms with Gasteiger partial charge in [0.1, 0.15) is 0 Å². The van der Waals surface area contributed by atoms with Crippen molar-refractivity contribution >= 4 is 22.6 Å². The molecule has 2 aliphatic rings. The highest BCUT2D eigenvalue weighted by Gasteiger charge is 2.44.